The van der Waals surface area contributed by atoms with Crippen LogP contribution >= 0.6 is 11.8 Å². The first-order valence-corrected chi connectivity index (χ1v) is 6.63. The Labute approximate surface area is 76.2 Å². The minimum absolute atomic E-state index is 0.121. The quantitative estimate of drug-likeness (QED) is 0.685. The molecule has 1 aliphatic heterocycles. The Morgan fingerprint density at radius 3 is 2.67 bits per heavy atom. The normalized spacial score (nSPS) is 23.9. The average molecular weight is 209 g/mol. The standard InChI is InChI=1S/C6H11NO3S2/c1-12(9,10)7-6(8)5-2-3-11-4-5/h5H,2-4H2,1H3,(H,7,8). The van der Waals surface area contributed by atoms with Crippen molar-refractivity contribution < 1.29 is 13.2 Å². The van der Waals surface area contributed by atoms with Crippen molar-refractivity contribution in [3.8, 4) is 0 Å². The van der Waals surface area contributed by atoms with Crippen molar-refractivity contribution >= 4 is 27.7 Å². The number of nitrogens with one attached hydrogen (secondary N) is 1. The van der Waals surface area contributed by atoms with Gasteiger partial charge in [0, 0.05) is 11.7 Å². The van der Waals surface area contributed by atoms with Crippen molar-refractivity contribution in [1.82, 2.24) is 4.72 Å². The van der Waals surface area contributed by atoms with E-state index in [-0.39, 0.29) is 11.8 Å². The van der Waals surface area contributed by atoms with Gasteiger partial charge in [-0.15, -0.1) is 0 Å². The van der Waals surface area contributed by atoms with Gasteiger partial charge < -0.3 is 0 Å². The van der Waals surface area contributed by atoms with Crippen LogP contribution in [0.4, 0.5) is 0 Å². The van der Waals surface area contributed by atoms with E-state index < -0.39 is 10.0 Å². The van der Waals surface area contributed by atoms with Gasteiger partial charge in [-0.3, -0.25) is 9.52 Å². The maximum absolute atomic E-state index is 11.2. The smallest absolute Gasteiger partial charge is 0.237 e. The molecule has 70 valence electrons. The van der Waals surface area contributed by atoms with Gasteiger partial charge in [0.05, 0.1) is 6.26 Å². The Morgan fingerprint density at radius 2 is 2.25 bits per heavy atom. The first-order valence-electron chi connectivity index (χ1n) is 3.58. The SMILES string of the molecule is CS(=O)(=O)NC(=O)C1CCSC1. The number of carbonyl (C=O) groups is 1. The number of rotatable bonds is 2. The van der Waals surface area contributed by atoms with Gasteiger partial charge in [-0.1, -0.05) is 0 Å². The van der Waals surface area contributed by atoms with Crippen LogP contribution in [0.15, 0.2) is 0 Å². The van der Waals surface area contributed by atoms with Crippen LogP contribution in [0.3, 0.4) is 0 Å². The van der Waals surface area contributed by atoms with Crippen LogP contribution < -0.4 is 4.72 Å². The molecule has 1 heterocycles. The summed E-state index contributed by atoms with van der Waals surface area (Å²) < 4.78 is 23.3. The molecule has 0 aromatic heterocycles. The van der Waals surface area contributed by atoms with Crippen LogP contribution in [0.1, 0.15) is 6.42 Å². The third kappa shape index (κ3) is 3.02. The lowest BCUT2D eigenvalue weighted by Crippen LogP contribution is -2.34. The molecule has 1 rings (SSSR count). The molecule has 0 saturated carbocycles. The number of thioether (sulfide) groups is 1. The highest BCUT2D eigenvalue weighted by molar-refractivity contribution is 7.99. The summed E-state index contributed by atoms with van der Waals surface area (Å²) in [6.45, 7) is 0. The van der Waals surface area contributed by atoms with Gasteiger partial charge in [-0.2, -0.15) is 11.8 Å². The first-order chi connectivity index (χ1) is 5.49. The predicted molar refractivity (Wildman–Crippen MR) is 48.4 cm³/mol. The van der Waals surface area contributed by atoms with E-state index in [9.17, 15) is 13.2 Å². The first kappa shape index (κ1) is 9.85. The Bertz CT molecular complexity index is 267. The number of hydrogen-bond acceptors (Lipinski definition) is 4. The molecule has 1 fully saturated rings. The highest BCUT2D eigenvalue weighted by atomic mass is 32.2. The van der Waals surface area contributed by atoms with Gasteiger partial charge in [0.25, 0.3) is 0 Å². The predicted octanol–water partition coefficient (Wildman–Crippen LogP) is -0.185. The molecule has 6 heteroatoms. The second-order valence-corrected chi connectivity index (χ2v) is 5.70. The van der Waals surface area contributed by atoms with E-state index in [4.69, 9.17) is 0 Å². The molecule has 0 aliphatic carbocycles. The van der Waals surface area contributed by atoms with Crippen molar-refractivity contribution in [2.45, 2.75) is 6.42 Å². The molecule has 1 unspecified atom stereocenters. The van der Waals surface area contributed by atoms with Crippen LogP contribution in [-0.4, -0.2) is 32.1 Å². The fraction of sp³-hybridized carbons (Fsp3) is 0.833. The Kier molecular flexibility index (Phi) is 3.00. The van der Waals surface area contributed by atoms with E-state index in [0.717, 1.165) is 24.2 Å². The van der Waals surface area contributed by atoms with Crippen molar-refractivity contribution in [3.63, 3.8) is 0 Å². The van der Waals surface area contributed by atoms with Gasteiger partial charge in [-0.05, 0) is 12.2 Å². The molecule has 1 atom stereocenters. The minimum Gasteiger partial charge on any atom is -0.274 e. The van der Waals surface area contributed by atoms with Gasteiger partial charge in [0.2, 0.25) is 15.9 Å². The zero-order valence-electron chi connectivity index (χ0n) is 6.74. The maximum atomic E-state index is 11.2. The van der Waals surface area contributed by atoms with Crippen LogP contribution in [0, 0.1) is 5.92 Å². The fourth-order valence-corrected chi connectivity index (χ4v) is 2.76. The maximum Gasteiger partial charge on any atom is 0.237 e. The van der Waals surface area contributed by atoms with Gasteiger partial charge in [0.1, 0.15) is 0 Å². The number of sulfonamides is 1. The molecule has 1 amide bonds. The van der Waals surface area contributed by atoms with E-state index in [1.165, 1.54) is 0 Å². The summed E-state index contributed by atoms with van der Waals surface area (Å²) in [5.41, 5.74) is 0. The molecule has 1 aliphatic rings. The van der Waals surface area contributed by atoms with Crippen molar-refractivity contribution in [2.75, 3.05) is 17.8 Å². The molecular weight excluding hydrogens is 198 g/mol. The molecule has 12 heavy (non-hydrogen) atoms. The summed E-state index contributed by atoms with van der Waals surface area (Å²) in [6.07, 6.45) is 1.78. The van der Waals surface area contributed by atoms with Crippen molar-refractivity contribution in [2.24, 2.45) is 5.92 Å². The average Bonchev–Trinajstić information content (AvgIpc) is 2.32. The number of hydrogen-bond donors (Lipinski definition) is 1. The third-order valence-corrected chi connectivity index (χ3v) is 3.32. The minimum atomic E-state index is -3.37. The monoisotopic (exact) mass is 209 g/mol. The van der Waals surface area contributed by atoms with Crippen molar-refractivity contribution in [3.05, 3.63) is 0 Å². The summed E-state index contributed by atoms with van der Waals surface area (Å²) in [5.74, 6) is 1.20. The fourth-order valence-electron chi connectivity index (χ4n) is 1.01. The highest BCUT2D eigenvalue weighted by Gasteiger charge is 2.24. The largest absolute Gasteiger partial charge is 0.274 e. The van der Waals surface area contributed by atoms with Crippen LogP contribution in [-0.2, 0) is 14.8 Å². The topological polar surface area (TPSA) is 63.2 Å². The molecule has 0 aromatic rings. The van der Waals surface area contributed by atoms with Gasteiger partial charge in [0.15, 0.2) is 0 Å². The van der Waals surface area contributed by atoms with E-state index in [1.807, 2.05) is 4.72 Å². The van der Waals surface area contributed by atoms with Gasteiger partial charge in [-0.25, -0.2) is 8.42 Å². The molecule has 1 N–H and O–H groups in total. The zero-order chi connectivity index (χ0) is 9.19. The third-order valence-electron chi connectivity index (χ3n) is 1.59. The van der Waals surface area contributed by atoms with Crippen LogP contribution in [0.2, 0.25) is 0 Å². The molecule has 0 radical (unpaired) electrons. The van der Waals surface area contributed by atoms with Gasteiger partial charge >= 0.3 is 0 Å². The van der Waals surface area contributed by atoms with E-state index in [2.05, 4.69) is 0 Å². The summed E-state index contributed by atoms with van der Waals surface area (Å²) in [4.78, 5) is 11.2. The number of amides is 1. The van der Waals surface area contributed by atoms with E-state index in [0.29, 0.717) is 0 Å². The summed E-state index contributed by atoms with van der Waals surface area (Å²) in [7, 11) is -3.37. The van der Waals surface area contributed by atoms with E-state index in [1.54, 1.807) is 11.8 Å². The number of carbonyl (C=O) groups excluding carboxylic acids is 1. The van der Waals surface area contributed by atoms with Crippen LogP contribution in [0.5, 0.6) is 0 Å². The Balaban J connectivity index is 2.48. The lowest BCUT2D eigenvalue weighted by molar-refractivity contribution is -0.122. The molecule has 0 spiro atoms. The summed E-state index contributed by atoms with van der Waals surface area (Å²) in [6, 6.07) is 0. The van der Waals surface area contributed by atoms with Crippen LogP contribution in [0.25, 0.3) is 0 Å². The molecule has 1 saturated heterocycles. The van der Waals surface area contributed by atoms with E-state index >= 15 is 0 Å². The summed E-state index contributed by atoms with van der Waals surface area (Å²) >= 11 is 1.68. The molecule has 4 nitrogen and oxygen atoms in total. The highest BCUT2D eigenvalue weighted by Crippen LogP contribution is 2.23. The van der Waals surface area contributed by atoms with Crippen molar-refractivity contribution in [1.29, 1.82) is 0 Å². The molecule has 0 bridgehead atoms. The Hall–Kier alpha value is -0.230. The second kappa shape index (κ2) is 3.66. The lowest BCUT2D eigenvalue weighted by Gasteiger charge is -2.06. The summed E-state index contributed by atoms with van der Waals surface area (Å²) in [5, 5.41) is 0. The molecular formula is C6H11NO3S2. The second-order valence-electron chi connectivity index (χ2n) is 2.80. The molecule has 0 aromatic carbocycles. The Morgan fingerprint density at radius 1 is 1.58 bits per heavy atom. The lowest BCUT2D eigenvalue weighted by atomic mass is 10.1. The zero-order valence-corrected chi connectivity index (χ0v) is 8.37.